The highest BCUT2D eigenvalue weighted by atomic mass is 35.5. The second-order valence-electron chi connectivity index (χ2n) is 6.04. The normalized spacial score (nSPS) is 24.5. The minimum absolute atomic E-state index is 0. The van der Waals surface area contributed by atoms with Gasteiger partial charge in [0, 0.05) is 6.54 Å². The predicted octanol–water partition coefficient (Wildman–Crippen LogP) is 1.74. The first-order valence-corrected chi connectivity index (χ1v) is 7.37. The van der Waals surface area contributed by atoms with E-state index >= 15 is 0 Å². The van der Waals surface area contributed by atoms with Crippen molar-refractivity contribution in [1.29, 1.82) is 0 Å². The third-order valence-electron chi connectivity index (χ3n) is 4.61. The second kappa shape index (κ2) is 7.46. The highest BCUT2D eigenvalue weighted by molar-refractivity contribution is 5.86. The summed E-state index contributed by atoms with van der Waals surface area (Å²) in [7, 11) is 0. The quantitative estimate of drug-likeness (QED) is 0.738. The zero-order valence-electron chi connectivity index (χ0n) is 11.6. The molecule has 0 aliphatic heterocycles. The van der Waals surface area contributed by atoms with Crippen molar-refractivity contribution in [3.63, 3.8) is 0 Å². The average molecular weight is 291 g/mol. The molecule has 0 aromatic rings. The molecule has 2 rings (SSSR count). The van der Waals surface area contributed by atoms with Gasteiger partial charge in [0.25, 0.3) is 0 Å². The van der Waals surface area contributed by atoms with Crippen LogP contribution in [0.25, 0.3) is 0 Å². The first kappa shape index (κ1) is 16.7. The lowest BCUT2D eigenvalue weighted by molar-refractivity contribution is -0.126. The lowest BCUT2D eigenvalue weighted by Crippen LogP contribution is -2.53. The Kier molecular flexibility index (Phi) is 6.57. The molecule has 0 saturated heterocycles. The van der Waals surface area contributed by atoms with Crippen molar-refractivity contribution in [2.75, 3.05) is 6.54 Å². The molecular formula is C14H27ClN2O2. The minimum atomic E-state index is -0.674. The van der Waals surface area contributed by atoms with Gasteiger partial charge in [-0.25, -0.2) is 0 Å². The lowest BCUT2D eigenvalue weighted by atomic mass is 9.85. The van der Waals surface area contributed by atoms with Gasteiger partial charge < -0.3 is 16.2 Å². The van der Waals surface area contributed by atoms with Crippen LogP contribution in [-0.4, -0.2) is 29.2 Å². The van der Waals surface area contributed by atoms with Gasteiger partial charge in [-0.05, 0) is 31.6 Å². The summed E-state index contributed by atoms with van der Waals surface area (Å²) in [5, 5.41) is 12.9. The number of amides is 1. The maximum Gasteiger partial charge on any atom is 0.240 e. The molecule has 0 aromatic heterocycles. The highest BCUT2D eigenvalue weighted by Crippen LogP contribution is 2.28. The summed E-state index contributed by atoms with van der Waals surface area (Å²) >= 11 is 0. The molecule has 0 radical (unpaired) electrons. The molecule has 4 nitrogen and oxygen atoms in total. The number of carbonyl (C=O) groups is 1. The standard InChI is InChI=1S/C14H26N2O2.ClH/c15-14(8-4-5-9-14)13(18)16-10-12(17)11-6-2-1-3-7-11;/h11-12,17H,1-10,15H2,(H,16,18);1H. The summed E-state index contributed by atoms with van der Waals surface area (Å²) in [5.74, 6) is 0.284. The van der Waals surface area contributed by atoms with E-state index in [0.29, 0.717) is 12.5 Å². The SMILES string of the molecule is Cl.NC1(C(=O)NCC(O)C2CCCCC2)CCCC1. The Balaban J connectivity index is 0.00000180. The van der Waals surface area contributed by atoms with Crippen LogP contribution in [0, 0.1) is 5.92 Å². The van der Waals surface area contributed by atoms with Crippen LogP contribution in [0.1, 0.15) is 57.8 Å². The van der Waals surface area contributed by atoms with E-state index in [0.717, 1.165) is 38.5 Å². The summed E-state index contributed by atoms with van der Waals surface area (Å²) in [6.45, 7) is 0.364. The van der Waals surface area contributed by atoms with Crippen LogP contribution >= 0.6 is 12.4 Å². The number of hydrogen-bond donors (Lipinski definition) is 3. The molecule has 4 N–H and O–H groups in total. The third kappa shape index (κ3) is 4.33. The van der Waals surface area contributed by atoms with Gasteiger partial charge >= 0.3 is 0 Å². The summed E-state index contributed by atoms with van der Waals surface area (Å²) in [6.07, 6.45) is 9.09. The Morgan fingerprint density at radius 3 is 2.37 bits per heavy atom. The molecule has 1 unspecified atom stereocenters. The maximum atomic E-state index is 12.0. The zero-order valence-corrected chi connectivity index (χ0v) is 12.4. The smallest absolute Gasteiger partial charge is 0.240 e. The van der Waals surface area contributed by atoms with E-state index in [1.807, 2.05) is 0 Å². The van der Waals surface area contributed by atoms with Crippen molar-refractivity contribution in [3.05, 3.63) is 0 Å². The number of aliphatic hydroxyl groups is 1. The number of hydrogen-bond acceptors (Lipinski definition) is 3. The van der Waals surface area contributed by atoms with E-state index in [1.165, 1.54) is 19.3 Å². The fourth-order valence-corrected chi connectivity index (χ4v) is 3.29. The number of nitrogens with two attached hydrogens (primary N) is 1. The number of nitrogens with one attached hydrogen (secondary N) is 1. The van der Waals surface area contributed by atoms with Crippen LogP contribution in [0.5, 0.6) is 0 Å². The van der Waals surface area contributed by atoms with Crippen LogP contribution in [0.3, 0.4) is 0 Å². The zero-order chi connectivity index (χ0) is 13.0. The van der Waals surface area contributed by atoms with Gasteiger partial charge in [-0.1, -0.05) is 32.1 Å². The largest absolute Gasteiger partial charge is 0.391 e. The van der Waals surface area contributed by atoms with Crippen molar-refractivity contribution < 1.29 is 9.90 Å². The van der Waals surface area contributed by atoms with E-state index in [-0.39, 0.29) is 18.3 Å². The second-order valence-corrected chi connectivity index (χ2v) is 6.04. The molecule has 112 valence electrons. The van der Waals surface area contributed by atoms with Crippen LogP contribution in [0.15, 0.2) is 0 Å². The Hall–Kier alpha value is -0.320. The van der Waals surface area contributed by atoms with Crippen molar-refractivity contribution in [2.24, 2.45) is 11.7 Å². The third-order valence-corrected chi connectivity index (χ3v) is 4.61. The molecule has 0 bridgehead atoms. The minimum Gasteiger partial charge on any atom is -0.391 e. The Labute approximate surface area is 121 Å². The highest BCUT2D eigenvalue weighted by Gasteiger charge is 2.37. The van der Waals surface area contributed by atoms with Gasteiger partial charge in [0.2, 0.25) is 5.91 Å². The van der Waals surface area contributed by atoms with Crippen LogP contribution < -0.4 is 11.1 Å². The summed E-state index contributed by atoms with van der Waals surface area (Å²) < 4.78 is 0. The summed E-state index contributed by atoms with van der Waals surface area (Å²) in [6, 6.07) is 0. The van der Waals surface area contributed by atoms with Gasteiger partial charge in [0.15, 0.2) is 0 Å². The van der Waals surface area contributed by atoms with Crippen LogP contribution in [-0.2, 0) is 4.79 Å². The Morgan fingerprint density at radius 1 is 1.21 bits per heavy atom. The lowest BCUT2D eigenvalue weighted by Gasteiger charge is -2.28. The van der Waals surface area contributed by atoms with Gasteiger partial charge in [0.1, 0.15) is 0 Å². The maximum absolute atomic E-state index is 12.0. The van der Waals surface area contributed by atoms with E-state index in [4.69, 9.17) is 5.73 Å². The van der Waals surface area contributed by atoms with E-state index in [1.54, 1.807) is 0 Å². The fourth-order valence-electron chi connectivity index (χ4n) is 3.29. The molecule has 2 aliphatic carbocycles. The van der Waals surface area contributed by atoms with E-state index in [9.17, 15) is 9.90 Å². The number of halogens is 1. The van der Waals surface area contributed by atoms with Gasteiger partial charge in [0.05, 0.1) is 11.6 Å². The Bertz CT molecular complexity index is 287. The predicted molar refractivity (Wildman–Crippen MR) is 78.2 cm³/mol. The first-order valence-electron chi connectivity index (χ1n) is 7.37. The topological polar surface area (TPSA) is 75.4 Å². The molecule has 1 atom stereocenters. The van der Waals surface area contributed by atoms with Crippen molar-refractivity contribution in [2.45, 2.75) is 69.4 Å². The van der Waals surface area contributed by atoms with Crippen molar-refractivity contribution in [3.8, 4) is 0 Å². The molecular weight excluding hydrogens is 264 g/mol. The molecule has 0 aromatic carbocycles. The summed E-state index contributed by atoms with van der Waals surface area (Å²) in [5.41, 5.74) is 5.40. The average Bonchev–Trinajstić information content (AvgIpc) is 2.85. The fraction of sp³-hybridized carbons (Fsp3) is 0.929. The molecule has 0 spiro atoms. The number of rotatable bonds is 4. The van der Waals surface area contributed by atoms with E-state index < -0.39 is 11.6 Å². The molecule has 2 aliphatic rings. The van der Waals surface area contributed by atoms with Crippen molar-refractivity contribution in [1.82, 2.24) is 5.32 Å². The van der Waals surface area contributed by atoms with Crippen LogP contribution in [0.4, 0.5) is 0 Å². The van der Waals surface area contributed by atoms with Gasteiger partial charge in [-0.15, -0.1) is 12.4 Å². The number of aliphatic hydroxyl groups excluding tert-OH is 1. The van der Waals surface area contributed by atoms with E-state index in [2.05, 4.69) is 5.32 Å². The molecule has 2 fully saturated rings. The molecule has 0 heterocycles. The molecule has 1 amide bonds. The van der Waals surface area contributed by atoms with Crippen molar-refractivity contribution >= 4 is 18.3 Å². The van der Waals surface area contributed by atoms with Gasteiger partial charge in [-0.2, -0.15) is 0 Å². The van der Waals surface area contributed by atoms with Gasteiger partial charge in [-0.3, -0.25) is 4.79 Å². The van der Waals surface area contributed by atoms with Crippen LogP contribution in [0.2, 0.25) is 0 Å². The molecule has 2 saturated carbocycles. The molecule has 5 heteroatoms. The first-order chi connectivity index (χ1) is 8.62. The number of carbonyl (C=O) groups excluding carboxylic acids is 1. The summed E-state index contributed by atoms with van der Waals surface area (Å²) in [4.78, 5) is 12.0. The monoisotopic (exact) mass is 290 g/mol. The Morgan fingerprint density at radius 2 is 1.79 bits per heavy atom. The molecule has 19 heavy (non-hydrogen) atoms.